The summed E-state index contributed by atoms with van der Waals surface area (Å²) < 4.78 is 40.2. The van der Waals surface area contributed by atoms with Gasteiger partial charge in [0.2, 0.25) is 0 Å². The summed E-state index contributed by atoms with van der Waals surface area (Å²) in [4.78, 5) is 11.3. The first-order chi connectivity index (χ1) is 11.7. The number of carboxylic acids is 1. The summed E-state index contributed by atoms with van der Waals surface area (Å²) in [7, 11) is 0. The Hall–Kier alpha value is -2.54. The maximum Gasteiger partial charge on any atom is 0.416 e. The average Bonchev–Trinajstić information content (AvgIpc) is 2.87. The lowest BCUT2D eigenvalue weighted by atomic mass is 10.1. The van der Waals surface area contributed by atoms with Gasteiger partial charge in [0.05, 0.1) is 17.6 Å². The number of halogens is 4. The number of aromatic nitrogens is 2. The van der Waals surface area contributed by atoms with Gasteiger partial charge in [0, 0.05) is 10.4 Å². The topological polar surface area (TPSA) is 55.1 Å². The van der Waals surface area contributed by atoms with Crippen LogP contribution in [0.15, 0.2) is 36.4 Å². The molecule has 4 nitrogen and oxygen atoms in total. The molecule has 1 heterocycles. The van der Waals surface area contributed by atoms with E-state index in [9.17, 15) is 23.1 Å². The van der Waals surface area contributed by atoms with Gasteiger partial charge in [-0.05, 0) is 42.3 Å². The maximum absolute atomic E-state index is 13.0. The minimum absolute atomic E-state index is 0.0597. The average molecular weight is 369 g/mol. The van der Waals surface area contributed by atoms with Crippen LogP contribution >= 0.6 is 11.6 Å². The van der Waals surface area contributed by atoms with Crippen LogP contribution in [0.1, 0.15) is 27.2 Å². The zero-order valence-electron chi connectivity index (χ0n) is 12.9. The Morgan fingerprint density at radius 2 is 1.96 bits per heavy atom. The van der Waals surface area contributed by atoms with Gasteiger partial charge in [-0.15, -0.1) is 0 Å². The van der Waals surface area contributed by atoms with Crippen LogP contribution < -0.4 is 0 Å². The van der Waals surface area contributed by atoms with E-state index in [1.165, 1.54) is 4.68 Å². The molecule has 0 saturated heterocycles. The number of aromatic carboxylic acids is 1. The van der Waals surface area contributed by atoms with E-state index in [0.29, 0.717) is 10.6 Å². The molecule has 3 rings (SSSR count). The van der Waals surface area contributed by atoms with Gasteiger partial charge in [0.25, 0.3) is 0 Å². The molecule has 0 aliphatic carbocycles. The standard InChI is InChI=1S/C17H12ClF3N2O2/c1-9-2-3-10(13(18)6-9)8-23-14-7-11(17(19,20)21)4-5-12(14)15(22-23)16(24)25/h2-7H,8H2,1H3,(H,24,25). The van der Waals surface area contributed by atoms with Crippen LogP contribution in [0.2, 0.25) is 5.02 Å². The molecule has 0 aliphatic heterocycles. The summed E-state index contributed by atoms with van der Waals surface area (Å²) in [6.45, 7) is 1.92. The van der Waals surface area contributed by atoms with E-state index in [2.05, 4.69) is 5.10 Å². The number of alkyl halides is 3. The zero-order chi connectivity index (χ0) is 18.4. The van der Waals surface area contributed by atoms with E-state index in [4.69, 9.17) is 11.6 Å². The first-order valence-electron chi connectivity index (χ1n) is 7.23. The van der Waals surface area contributed by atoms with Gasteiger partial charge in [-0.25, -0.2) is 4.79 Å². The molecule has 3 aromatic rings. The summed E-state index contributed by atoms with van der Waals surface area (Å²) in [5.41, 5.74) is 0.486. The summed E-state index contributed by atoms with van der Waals surface area (Å²) in [6.07, 6.45) is -4.53. The van der Waals surface area contributed by atoms with Gasteiger partial charge in [0.1, 0.15) is 0 Å². The van der Waals surface area contributed by atoms with Crippen LogP contribution in [-0.4, -0.2) is 20.9 Å². The van der Waals surface area contributed by atoms with E-state index in [1.807, 2.05) is 13.0 Å². The van der Waals surface area contributed by atoms with Crippen molar-refractivity contribution in [3.05, 3.63) is 63.8 Å². The highest BCUT2D eigenvalue weighted by atomic mass is 35.5. The molecule has 0 radical (unpaired) electrons. The lowest BCUT2D eigenvalue weighted by Gasteiger charge is -2.09. The Morgan fingerprint density at radius 1 is 1.24 bits per heavy atom. The second kappa shape index (κ2) is 6.07. The van der Waals surface area contributed by atoms with Crippen LogP contribution in [0.25, 0.3) is 10.9 Å². The van der Waals surface area contributed by atoms with Gasteiger partial charge in [-0.2, -0.15) is 18.3 Å². The van der Waals surface area contributed by atoms with Gasteiger partial charge < -0.3 is 5.11 Å². The van der Waals surface area contributed by atoms with Crippen LogP contribution in [0, 0.1) is 6.92 Å². The molecule has 0 atom stereocenters. The van der Waals surface area contributed by atoms with Gasteiger partial charge >= 0.3 is 12.1 Å². The normalized spacial score (nSPS) is 11.9. The molecular formula is C17H12ClF3N2O2. The van der Waals surface area contributed by atoms with Crippen LogP contribution in [0.4, 0.5) is 13.2 Å². The number of hydrogen-bond donors (Lipinski definition) is 1. The summed E-state index contributed by atoms with van der Waals surface area (Å²) in [6, 6.07) is 8.14. The van der Waals surface area contributed by atoms with Crippen molar-refractivity contribution >= 4 is 28.5 Å². The molecule has 25 heavy (non-hydrogen) atoms. The molecule has 0 unspecified atom stereocenters. The number of fused-ring (bicyclic) bond motifs is 1. The van der Waals surface area contributed by atoms with Crippen molar-refractivity contribution in [2.45, 2.75) is 19.6 Å². The highest BCUT2D eigenvalue weighted by Crippen LogP contribution is 2.32. The largest absolute Gasteiger partial charge is 0.476 e. The lowest BCUT2D eigenvalue weighted by Crippen LogP contribution is -2.07. The van der Waals surface area contributed by atoms with E-state index in [1.54, 1.807) is 12.1 Å². The fourth-order valence-corrected chi connectivity index (χ4v) is 2.87. The van der Waals surface area contributed by atoms with Crippen molar-refractivity contribution in [2.24, 2.45) is 0 Å². The van der Waals surface area contributed by atoms with Crippen LogP contribution in [0.5, 0.6) is 0 Å². The van der Waals surface area contributed by atoms with Gasteiger partial charge in [-0.3, -0.25) is 4.68 Å². The first kappa shape index (κ1) is 17.3. The first-order valence-corrected chi connectivity index (χ1v) is 7.60. The number of rotatable bonds is 3. The summed E-state index contributed by atoms with van der Waals surface area (Å²) in [5, 5.41) is 13.8. The number of carbonyl (C=O) groups is 1. The van der Waals surface area contributed by atoms with E-state index in [0.717, 1.165) is 23.8 Å². The second-order valence-electron chi connectivity index (χ2n) is 5.64. The Labute approximate surface area is 145 Å². The Balaban J connectivity index is 2.17. The molecule has 2 aromatic carbocycles. The highest BCUT2D eigenvalue weighted by molar-refractivity contribution is 6.31. The van der Waals surface area contributed by atoms with Gasteiger partial charge in [-0.1, -0.05) is 23.7 Å². The number of aryl methyl sites for hydroxylation is 1. The Morgan fingerprint density at radius 3 is 2.56 bits per heavy atom. The molecule has 1 N–H and O–H groups in total. The molecule has 0 aliphatic rings. The minimum Gasteiger partial charge on any atom is -0.476 e. The summed E-state index contributed by atoms with van der Waals surface area (Å²) in [5.74, 6) is -1.31. The van der Waals surface area contributed by atoms with Crippen molar-refractivity contribution in [1.82, 2.24) is 9.78 Å². The summed E-state index contributed by atoms with van der Waals surface area (Å²) >= 11 is 6.17. The third-order valence-corrected chi connectivity index (χ3v) is 4.16. The zero-order valence-corrected chi connectivity index (χ0v) is 13.7. The molecule has 0 saturated carbocycles. The monoisotopic (exact) mass is 368 g/mol. The minimum atomic E-state index is -4.53. The molecule has 0 bridgehead atoms. The van der Waals surface area contributed by atoms with Crippen LogP contribution in [-0.2, 0) is 12.7 Å². The number of benzene rings is 2. The van der Waals surface area contributed by atoms with Crippen molar-refractivity contribution in [2.75, 3.05) is 0 Å². The molecule has 0 spiro atoms. The van der Waals surface area contributed by atoms with Crippen LogP contribution in [0.3, 0.4) is 0 Å². The third kappa shape index (κ3) is 3.32. The predicted molar refractivity (Wildman–Crippen MR) is 87.0 cm³/mol. The Bertz CT molecular complexity index is 980. The predicted octanol–water partition coefficient (Wildman–Crippen LogP) is 4.76. The third-order valence-electron chi connectivity index (χ3n) is 3.81. The number of hydrogen-bond acceptors (Lipinski definition) is 2. The smallest absolute Gasteiger partial charge is 0.416 e. The quantitative estimate of drug-likeness (QED) is 0.725. The van der Waals surface area contributed by atoms with Crippen molar-refractivity contribution in [3.63, 3.8) is 0 Å². The fourth-order valence-electron chi connectivity index (χ4n) is 2.57. The van der Waals surface area contributed by atoms with Crippen molar-refractivity contribution in [3.8, 4) is 0 Å². The van der Waals surface area contributed by atoms with E-state index >= 15 is 0 Å². The Kier molecular flexibility index (Phi) is 4.20. The second-order valence-corrected chi connectivity index (χ2v) is 6.04. The van der Waals surface area contributed by atoms with E-state index in [-0.39, 0.29) is 23.1 Å². The highest BCUT2D eigenvalue weighted by Gasteiger charge is 2.31. The molecule has 130 valence electrons. The van der Waals surface area contributed by atoms with Crippen molar-refractivity contribution < 1.29 is 23.1 Å². The van der Waals surface area contributed by atoms with E-state index < -0.39 is 17.7 Å². The fraction of sp³-hybridized carbons (Fsp3) is 0.176. The molecule has 0 fully saturated rings. The van der Waals surface area contributed by atoms with Gasteiger partial charge in [0.15, 0.2) is 5.69 Å². The number of nitrogens with zero attached hydrogens (tertiary/aromatic N) is 2. The molecule has 8 heteroatoms. The lowest BCUT2D eigenvalue weighted by molar-refractivity contribution is -0.137. The van der Waals surface area contributed by atoms with Crippen molar-refractivity contribution in [1.29, 1.82) is 0 Å². The molecule has 1 aromatic heterocycles. The number of carboxylic acid groups (broad SMARTS) is 1. The SMILES string of the molecule is Cc1ccc(Cn2nc(C(=O)O)c3ccc(C(F)(F)F)cc32)c(Cl)c1. The molecule has 0 amide bonds. The molecular weight excluding hydrogens is 357 g/mol. The maximum atomic E-state index is 13.0.